The molecule has 2 fully saturated rings. The zero-order chi connectivity index (χ0) is 13.8. The Kier molecular flexibility index (Phi) is 4.61. The Bertz CT molecular complexity index is 440. The van der Waals surface area contributed by atoms with Gasteiger partial charge in [-0.25, -0.2) is 0 Å². The minimum Gasteiger partial charge on any atom is -0.381 e. The maximum Gasteiger partial charge on any atom is 0.0741 e. The first-order chi connectivity index (χ1) is 9.77. The van der Waals surface area contributed by atoms with E-state index < -0.39 is 0 Å². The second-order valence-electron chi connectivity index (χ2n) is 5.81. The van der Waals surface area contributed by atoms with Crippen LogP contribution in [0.3, 0.4) is 0 Å². The van der Waals surface area contributed by atoms with E-state index in [1.807, 2.05) is 18.2 Å². The summed E-state index contributed by atoms with van der Waals surface area (Å²) < 4.78 is 11.5. The molecule has 0 bridgehead atoms. The second-order valence-corrected chi connectivity index (χ2v) is 6.21. The van der Waals surface area contributed by atoms with Crippen LogP contribution in [0.5, 0.6) is 0 Å². The van der Waals surface area contributed by atoms with Crippen LogP contribution >= 0.6 is 11.6 Å². The monoisotopic (exact) mass is 295 g/mol. The molecule has 1 atom stereocenters. The van der Waals surface area contributed by atoms with Crippen LogP contribution in [0.1, 0.15) is 31.2 Å². The van der Waals surface area contributed by atoms with Crippen LogP contribution in [0.15, 0.2) is 24.3 Å². The molecule has 110 valence electrons. The first kappa shape index (κ1) is 14.3. The van der Waals surface area contributed by atoms with Crippen LogP contribution in [-0.4, -0.2) is 31.5 Å². The van der Waals surface area contributed by atoms with E-state index in [1.165, 1.54) is 5.56 Å². The van der Waals surface area contributed by atoms with Gasteiger partial charge in [-0.15, -0.1) is 0 Å². The highest BCUT2D eigenvalue weighted by Crippen LogP contribution is 2.34. The molecule has 0 aliphatic carbocycles. The van der Waals surface area contributed by atoms with Gasteiger partial charge in [-0.2, -0.15) is 0 Å². The topological polar surface area (TPSA) is 30.5 Å². The average molecular weight is 296 g/mol. The van der Waals surface area contributed by atoms with Crippen molar-refractivity contribution in [1.82, 2.24) is 5.32 Å². The molecule has 1 spiro atoms. The van der Waals surface area contributed by atoms with Crippen LogP contribution in [0.25, 0.3) is 0 Å². The maximum absolute atomic E-state index is 6.20. The van der Waals surface area contributed by atoms with Crippen molar-refractivity contribution in [3.05, 3.63) is 34.9 Å². The van der Waals surface area contributed by atoms with Crippen molar-refractivity contribution in [1.29, 1.82) is 0 Å². The highest BCUT2D eigenvalue weighted by atomic mass is 35.5. The Hall–Kier alpha value is -0.610. The van der Waals surface area contributed by atoms with E-state index in [2.05, 4.69) is 11.4 Å². The normalized spacial score (nSPS) is 25.8. The molecule has 0 aromatic heterocycles. The largest absolute Gasteiger partial charge is 0.381 e. The third kappa shape index (κ3) is 3.34. The van der Waals surface area contributed by atoms with Gasteiger partial charge in [0.1, 0.15) is 0 Å². The molecule has 0 amide bonds. The number of halogens is 1. The summed E-state index contributed by atoms with van der Waals surface area (Å²) >= 11 is 6.20. The molecule has 20 heavy (non-hydrogen) atoms. The predicted molar refractivity (Wildman–Crippen MR) is 80.0 cm³/mol. The smallest absolute Gasteiger partial charge is 0.0741 e. The van der Waals surface area contributed by atoms with Gasteiger partial charge in [0.2, 0.25) is 0 Å². The molecule has 1 unspecified atom stereocenters. The van der Waals surface area contributed by atoms with E-state index in [4.69, 9.17) is 21.1 Å². The predicted octanol–water partition coefficient (Wildman–Crippen LogP) is 3.16. The number of ether oxygens (including phenoxy) is 2. The SMILES string of the molecule is Clc1ccccc1CNC1CCOC2(CCOCC2)C1. The summed E-state index contributed by atoms with van der Waals surface area (Å²) in [7, 11) is 0. The van der Waals surface area contributed by atoms with E-state index in [0.717, 1.165) is 57.1 Å². The third-order valence-corrected chi connectivity index (χ3v) is 4.80. The summed E-state index contributed by atoms with van der Waals surface area (Å²) in [6.45, 7) is 3.34. The lowest BCUT2D eigenvalue weighted by Gasteiger charge is -2.43. The minimum atomic E-state index is 0.0502. The first-order valence-corrected chi connectivity index (χ1v) is 7.84. The van der Waals surface area contributed by atoms with Gasteiger partial charge in [0.15, 0.2) is 0 Å². The number of nitrogens with one attached hydrogen (secondary N) is 1. The van der Waals surface area contributed by atoms with E-state index in [0.29, 0.717) is 6.04 Å². The van der Waals surface area contributed by atoms with Crippen LogP contribution in [0, 0.1) is 0 Å². The fourth-order valence-electron chi connectivity index (χ4n) is 3.19. The van der Waals surface area contributed by atoms with Crippen molar-refractivity contribution in [2.45, 2.75) is 43.9 Å². The molecule has 2 aliphatic rings. The number of rotatable bonds is 3. The van der Waals surface area contributed by atoms with Gasteiger partial charge in [0.25, 0.3) is 0 Å². The van der Waals surface area contributed by atoms with Gasteiger partial charge in [0, 0.05) is 37.4 Å². The highest BCUT2D eigenvalue weighted by Gasteiger charge is 2.38. The van der Waals surface area contributed by atoms with Crippen molar-refractivity contribution in [2.24, 2.45) is 0 Å². The van der Waals surface area contributed by atoms with Crippen molar-refractivity contribution in [3.8, 4) is 0 Å². The lowest BCUT2D eigenvalue weighted by Crippen LogP contribution is -2.49. The molecular formula is C16H22ClNO2. The molecule has 1 aromatic carbocycles. The van der Waals surface area contributed by atoms with Crippen LogP contribution < -0.4 is 5.32 Å². The van der Waals surface area contributed by atoms with Gasteiger partial charge in [-0.05, 0) is 37.3 Å². The second kappa shape index (κ2) is 6.44. The summed E-state index contributed by atoms with van der Waals surface area (Å²) in [6, 6.07) is 8.55. The van der Waals surface area contributed by atoms with Gasteiger partial charge < -0.3 is 14.8 Å². The lowest BCUT2D eigenvalue weighted by molar-refractivity contribution is -0.140. The zero-order valence-corrected chi connectivity index (χ0v) is 12.5. The number of hydrogen-bond donors (Lipinski definition) is 1. The zero-order valence-electron chi connectivity index (χ0n) is 11.7. The summed E-state index contributed by atoms with van der Waals surface area (Å²) in [5.41, 5.74) is 1.22. The minimum absolute atomic E-state index is 0.0502. The van der Waals surface area contributed by atoms with Crippen molar-refractivity contribution < 1.29 is 9.47 Å². The summed E-state index contributed by atoms with van der Waals surface area (Å²) in [4.78, 5) is 0. The Labute approximate surface area is 125 Å². The average Bonchev–Trinajstić information content (AvgIpc) is 2.47. The summed E-state index contributed by atoms with van der Waals surface area (Å²) in [6.07, 6.45) is 4.21. The third-order valence-electron chi connectivity index (χ3n) is 4.44. The Morgan fingerprint density at radius 1 is 1.20 bits per heavy atom. The van der Waals surface area contributed by atoms with Gasteiger partial charge >= 0.3 is 0 Å². The highest BCUT2D eigenvalue weighted by molar-refractivity contribution is 6.31. The van der Waals surface area contributed by atoms with Gasteiger partial charge in [-0.3, -0.25) is 0 Å². The molecule has 0 saturated carbocycles. The molecule has 3 rings (SSSR count). The summed E-state index contributed by atoms with van der Waals surface area (Å²) in [5, 5.41) is 4.49. The van der Waals surface area contributed by atoms with E-state index in [1.54, 1.807) is 0 Å². The van der Waals surface area contributed by atoms with Crippen molar-refractivity contribution in [2.75, 3.05) is 19.8 Å². The van der Waals surface area contributed by atoms with Gasteiger partial charge in [-0.1, -0.05) is 29.8 Å². The molecule has 2 heterocycles. The quantitative estimate of drug-likeness (QED) is 0.929. The van der Waals surface area contributed by atoms with Crippen LogP contribution in [-0.2, 0) is 16.0 Å². The van der Waals surface area contributed by atoms with E-state index >= 15 is 0 Å². The molecule has 4 heteroatoms. The molecule has 0 radical (unpaired) electrons. The van der Waals surface area contributed by atoms with Crippen LogP contribution in [0.4, 0.5) is 0 Å². The first-order valence-electron chi connectivity index (χ1n) is 7.46. The van der Waals surface area contributed by atoms with Crippen molar-refractivity contribution >= 4 is 11.6 Å². The Balaban J connectivity index is 1.56. The Morgan fingerprint density at radius 3 is 2.80 bits per heavy atom. The van der Waals surface area contributed by atoms with E-state index in [9.17, 15) is 0 Å². The fraction of sp³-hybridized carbons (Fsp3) is 0.625. The molecular weight excluding hydrogens is 274 g/mol. The van der Waals surface area contributed by atoms with Crippen LogP contribution in [0.2, 0.25) is 5.02 Å². The molecule has 2 saturated heterocycles. The van der Waals surface area contributed by atoms with Crippen molar-refractivity contribution in [3.63, 3.8) is 0 Å². The fourth-order valence-corrected chi connectivity index (χ4v) is 3.39. The molecule has 3 nitrogen and oxygen atoms in total. The Morgan fingerprint density at radius 2 is 2.00 bits per heavy atom. The summed E-state index contributed by atoms with van der Waals surface area (Å²) in [5.74, 6) is 0. The number of hydrogen-bond acceptors (Lipinski definition) is 3. The molecule has 2 aliphatic heterocycles. The standard InChI is InChI=1S/C16H22ClNO2/c17-15-4-2-1-3-13(15)12-18-14-5-8-20-16(11-14)6-9-19-10-7-16/h1-4,14,18H,5-12H2. The van der Waals surface area contributed by atoms with E-state index in [-0.39, 0.29) is 5.60 Å². The lowest BCUT2D eigenvalue weighted by atomic mass is 9.84. The maximum atomic E-state index is 6.20. The van der Waals surface area contributed by atoms with Gasteiger partial charge in [0.05, 0.1) is 5.60 Å². The molecule has 1 N–H and O–H groups in total. The number of benzene rings is 1. The molecule has 1 aromatic rings.